The normalized spacial score (nSPS) is 24.7. The van der Waals surface area contributed by atoms with Crippen LogP contribution in [0.25, 0.3) is 0 Å². The molecular formula is C17H22FNO3. The number of likely N-dealkylation sites (tertiary alicyclic amines) is 1. The topological polar surface area (TPSA) is 38.8 Å². The Morgan fingerprint density at radius 3 is 3.05 bits per heavy atom. The molecule has 2 fully saturated rings. The van der Waals surface area contributed by atoms with E-state index in [9.17, 15) is 9.18 Å². The van der Waals surface area contributed by atoms with E-state index in [2.05, 4.69) is 0 Å². The standard InChI is InChI=1S/C17H22FNO3/c1-21-15-4-3-14(18)9-13(15)10-16(20)19-7-6-17(11-19)5-2-8-22-12-17/h3-4,9H,2,5-8,10-12H2,1H3. The number of ether oxygens (including phenoxy) is 2. The number of benzene rings is 1. The largest absolute Gasteiger partial charge is 0.496 e. The van der Waals surface area contributed by atoms with E-state index < -0.39 is 0 Å². The summed E-state index contributed by atoms with van der Waals surface area (Å²) in [6.45, 7) is 3.10. The molecule has 1 aromatic rings. The highest BCUT2D eigenvalue weighted by Crippen LogP contribution is 2.38. The van der Waals surface area contributed by atoms with Gasteiger partial charge in [0.1, 0.15) is 11.6 Å². The Morgan fingerprint density at radius 1 is 1.45 bits per heavy atom. The second-order valence-electron chi connectivity index (χ2n) is 6.35. The SMILES string of the molecule is COc1ccc(F)cc1CC(=O)N1CCC2(CCCOC2)C1. The van der Waals surface area contributed by atoms with Gasteiger partial charge in [0.2, 0.25) is 5.91 Å². The molecule has 120 valence electrons. The Labute approximate surface area is 130 Å². The minimum atomic E-state index is -0.345. The summed E-state index contributed by atoms with van der Waals surface area (Å²) in [4.78, 5) is 14.4. The van der Waals surface area contributed by atoms with Crippen LogP contribution in [0.15, 0.2) is 18.2 Å². The molecule has 0 radical (unpaired) electrons. The lowest BCUT2D eigenvalue weighted by molar-refractivity contribution is -0.130. The Balaban J connectivity index is 1.67. The highest BCUT2D eigenvalue weighted by atomic mass is 19.1. The van der Waals surface area contributed by atoms with Gasteiger partial charge in [-0.3, -0.25) is 4.79 Å². The third kappa shape index (κ3) is 3.09. The molecule has 5 heteroatoms. The molecule has 3 rings (SSSR count). The Hall–Kier alpha value is -1.62. The molecule has 22 heavy (non-hydrogen) atoms. The van der Waals surface area contributed by atoms with Crippen molar-refractivity contribution in [2.24, 2.45) is 5.41 Å². The molecule has 1 amide bonds. The van der Waals surface area contributed by atoms with Gasteiger partial charge in [0.05, 0.1) is 20.1 Å². The number of amides is 1. The van der Waals surface area contributed by atoms with Crippen LogP contribution in [0.2, 0.25) is 0 Å². The molecule has 0 N–H and O–H groups in total. The summed E-state index contributed by atoms with van der Waals surface area (Å²) in [6.07, 6.45) is 3.37. The quantitative estimate of drug-likeness (QED) is 0.861. The van der Waals surface area contributed by atoms with Crippen LogP contribution in [0.5, 0.6) is 5.75 Å². The van der Waals surface area contributed by atoms with Gasteiger partial charge in [-0.2, -0.15) is 0 Å². The van der Waals surface area contributed by atoms with Gasteiger partial charge in [-0.05, 0) is 37.5 Å². The highest BCUT2D eigenvalue weighted by molar-refractivity contribution is 5.80. The van der Waals surface area contributed by atoms with E-state index in [0.717, 1.165) is 45.6 Å². The number of nitrogens with zero attached hydrogens (tertiary/aromatic N) is 1. The molecule has 1 unspecified atom stereocenters. The van der Waals surface area contributed by atoms with E-state index in [1.54, 1.807) is 6.07 Å². The van der Waals surface area contributed by atoms with E-state index in [1.807, 2.05) is 4.90 Å². The number of hydrogen-bond acceptors (Lipinski definition) is 3. The molecule has 1 spiro atoms. The van der Waals surface area contributed by atoms with Crippen molar-refractivity contribution in [3.05, 3.63) is 29.6 Å². The van der Waals surface area contributed by atoms with Crippen molar-refractivity contribution < 1.29 is 18.7 Å². The van der Waals surface area contributed by atoms with Crippen LogP contribution in [0.1, 0.15) is 24.8 Å². The van der Waals surface area contributed by atoms with Crippen LogP contribution in [-0.4, -0.2) is 44.2 Å². The molecule has 0 aliphatic carbocycles. The van der Waals surface area contributed by atoms with Crippen LogP contribution >= 0.6 is 0 Å². The first-order chi connectivity index (χ1) is 10.6. The highest BCUT2D eigenvalue weighted by Gasteiger charge is 2.41. The number of methoxy groups -OCH3 is 1. The van der Waals surface area contributed by atoms with Crippen molar-refractivity contribution in [3.63, 3.8) is 0 Å². The monoisotopic (exact) mass is 307 g/mol. The number of hydrogen-bond donors (Lipinski definition) is 0. The van der Waals surface area contributed by atoms with E-state index >= 15 is 0 Å². The zero-order valence-electron chi connectivity index (χ0n) is 12.9. The van der Waals surface area contributed by atoms with Crippen molar-refractivity contribution >= 4 is 5.91 Å². The fourth-order valence-electron chi connectivity index (χ4n) is 3.54. The molecule has 0 bridgehead atoms. The molecule has 2 saturated heterocycles. The summed E-state index contributed by atoms with van der Waals surface area (Å²) in [5, 5.41) is 0. The number of rotatable bonds is 3. The van der Waals surface area contributed by atoms with Gasteiger partial charge in [-0.15, -0.1) is 0 Å². The lowest BCUT2D eigenvalue weighted by Crippen LogP contribution is -2.37. The third-order valence-electron chi connectivity index (χ3n) is 4.78. The van der Waals surface area contributed by atoms with Crippen molar-refractivity contribution in [2.75, 3.05) is 33.4 Å². The minimum absolute atomic E-state index is 0.0337. The van der Waals surface area contributed by atoms with Crippen LogP contribution in [0.4, 0.5) is 4.39 Å². The summed E-state index contributed by atoms with van der Waals surface area (Å²) in [5.41, 5.74) is 0.744. The van der Waals surface area contributed by atoms with Gasteiger partial charge < -0.3 is 14.4 Å². The van der Waals surface area contributed by atoms with Gasteiger partial charge in [-0.1, -0.05) is 0 Å². The first kappa shape index (κ1) is 15.3. The summed E-state index contributed by atoms with van der Waals surface area (Å²) < 4.78 is 24.2. The maximum Gasteiger partial charge on any atom is 0.227 e. The molecule has 4 nitrogen and oxygen atoms in total. The van der Waals surface area contributed by atoms with Crippen molar-refractivity contribution in [3.8, 4) is 5.75 Å². The number of carbonyl (C=O) groups excluding carboxylic acids is 1. The molecule has 2 heterocycles. The Kier molecular flexibility index (Phi) is 4.34. The fraction of sp³-hybridized carbons (Fsp3) is 0.588. The second kappa shape index (κ2) is 6.24. The van der Waals surface area contributed by atoms with Crippen molar-refractivity contribution in [1.29, 1.82) is 0 Å². The molecule has 2 aliphatic heterocycles. The van der Waals surface area contributed by atoms with Gasteiger partial charge in [-0.25, -0.2) is 4.39 Å². The number of carbonyl (C=O) groups is 1. The lowest BCUT2D eigenvalue weighted by atomic mass is 9.82. The predicted octanol–water partition coefficient (Wildman–Crippen LogP) is 2.41. The first-order valence-corrected chi connectivity index (χ1v) is 7.80. The minimum Gasteiger partial charge on any atom is -0.496 e. The van der Waals surface area contributed by atoms with E-state index in [-0.39, 0.29) is 23.6 Å². The fourth-order valence-corrected chi connectivity index (χ4v) is 3.54. The van der Waals surface area contributed by atoms with E-state index in [4.69, 9.17) is 9.47 Å². The summed E-state index contributed by atoms with van der Waals surface area (Å²) in [5.74, 6) is 0.248. The maximum absolute atomic E-state index is 13.4. The smallest absolute Gasteiger partial charge is 0.227 e. The zero-order valence-corrected chi connectivity index (χ0v) is 12.9. The first-order valence-electron chi connectivity index (χ1n) is 7.80. The van der Waals surface area contributed by atoms with Gasteiger partial charge in [0.15, 0.2) is 0 Å². The lowest BCUT2D eigenvalue weighted by Gasteiger charge is -2.33. The summed E-state index contributed by atoms with van der Waals surface area (Å²) >= 11 is 0. The van der Waals surface area contributed by atoms with Crippen LogP contribution in [0, 0.1) is 11.2 Å². The van der Waals surface area contributed by atoms with Crippen LogP contribution in [-0.2, 0) is 16.0 Å². The predicted molar refractivity (Wildman–Crippen MR) is 80.3 cm³/mol. The summed E-state index contributed by atoms with van der Waals surface area (Å²) in [7, 11) is 1.53. The van der Waals surface area contributed by atoms with Crippen LogP contribution < -0.4 is 4.74 Å². The number of halogens is 1. The molecular weight excluding hydrogens is 285 g/mol. The Bertz CT molecular complexity index is 555. The molecule has 2 aliphatic rings. The molecule has 1 aromatic carbocycles. The van der Waals surface area contributed by atoms with Crippen molar-refractivity contribution in [1.82, 2.24) is 4.90 Å². The zero-order chi connectivity index (χ0) is 15.6. The third-order valence-corrected chi connectivity index (χ3v) is 4.78. The molecule has 0 saturated carbocycles. The van der Waals surface area contributed by atoms with E-state index in [0.29, 0.717) is 11.3 Å². The van der Waals surface area contributed by atoms with Crippen molar-refractivity contribution in [2.45, 2.75) is 25.7 Å². The second-order valence-corrected chi connectivity index (χ2v) is 6.35. The van der Waals surface area contributed by atoms with Gasteiger partial charge in [0, 0.05) is 30.7 Å². The van der Waals surface area contributed by atoms with E-state index in [1.165, 1.54) is 19.2 Å². The Morgan fingerprint density at radius 2 is 2.32 bits per heavy atom. The summed E-state index contributed by atoms with van der Waals surface area (Å²) in [6, 6.07) is 4.29. The van der Waals surface area contributed by atoms with Gasteiger partial charge in [0.25, 0.3) is 0 Å². The average Bonchev–Trinajstić information content (AvgIpc) is 2.92. The van der Waals surface area contributed by atoms with Crippen LogP contribution in [0.3, 0.4) is 0 Å². The maximum atomic E-state index is 13.4. The molecule has 1 atom stereocenters. The molecule has 0 aromatic heterocycles. The average molecular weight is 307 g/mol. The van der Waals surface area contributed by atoms with Gasteiger partial charge >= 0.3 is 0 Å².